The summed E-state index contributed by atoms with van der Waals surface area (Å²) in [5.74, 6) is -0.0819. The largest absolute Gasteiger partial charge is 0.391 e. The van der Waals surface area contributed by atoms with Gasteiger partial charge in [-0.25, -0.2) is 0 Å². The molecule has 0 radical (unpaired) electrons. The van der Waals surface area contributed by atoms with Crippen molar-refractivity contribution in [3.05, 3.63) is 53.4 Å². The first-order valence-corrected chi connectivity index (χ1v) is 9.64. The normalized spacial score (nSPS) is 28.0. The van der Waals surface area contributed by atoms with Crippen molar-refractivity contribution in [1.82, 2.24) is 15.0 Å². The Hall–Kier alpha value is -2.67. The number of likely N-dealkylation sites (N-methyl/N-ethyl adjacent to an activating group) is 1. The third-order valence-corrected chi connectivity index (χ3v) is 6.00. The third kappa shape index (κ3) is 3.09. The molecule has 28 heavy (non-hydrogen) atoms. The molecule has 1 aromatic heterocycles. The number of hydrogen-bond donors (Lipinski definition) is 1. The van der Waals surface area contributed by atoms with Crippen molar-refractivity contribution in [2.24, 2.45) is 5.41 Å². The highest BCUT2D eigenvalue weighted by molar-refractivity contribution is 5.92. The lowest BCUT2D eigenvalue weighted by molar-refractivity contribution is -0.161. The van der Waals surface area contributed by atoms with Crippen molar-refractivity contribution in [3.8, 4) is 0 Å². The van der Waals surface area contributed by atoms with Crippen LogP contribution in [0.25, 0.3) is 0 Å². The first-order chi connectivity index (χ1) is 13.4. The number of amides is 2. The van der Waals surface area contributed by atoms with Crippen LogP contribution in [0.15, 0.2) is 40.9 Å². The molecule has 0 bridgehead atoms. The summed E-state index contributed by atoms with van der Waals surface area (Å²) in [6, 6.07) is 10.8. The van der Waals surface area contributed by atoms with Gasteiger partial charge in [0.15, 0.2) is 0 Å². The summed E-state index contributed by atoms with van der Waals surface area (Å²) in [5.41, 5.74) is 0.800. The van der Waals surface area contributed by atoms with Crippen LogP contribution < -0.4 is 0 Å². The topological polar surface area (TPSA) is 86.9 Å². The number of likely N-dealkylation sites (tertiary alicyclic amines) is 2. The second-order valence-corrected chi connectivity index (χ2v) is 7.99. The first kappa shape index (κ1) is 18.7. The van der Waals surface area contributed by atoms with E-state index in [1.54, 1.807) is 29.8 Å². The van der Waals surface area contributed by atoms with Crippen LogP contribution in [0.3, 0.4) is 0 Å². The van der Waals surface area contributed by atoms with Crippen molar-refractivity contribution in [3.63, 3.8) is 0 Å². The summed E-state index contributed by atoms with van der Waals surface area (Å²) in [7, 11) is 1.74. The van der Waals surface area contributed by atoms with E-state index in [0.717, 1.165) is 5.56 Å². The zero-order valence-corrected chi connectivity index (χ0v) is 16.2. The number of aliphatic hydroxyl groups is 1. The van der Waals surface area contributed by atoms with Crippen LogP contribution >= 0.6 is 0 Å². The smallest absolute Gasteiger partial charge is 0.292 e. The van der Waals surface area contributed by atoms with Gasteiger partial charge in [-0.3, -0.25) is 9.59 Å². The Morgan fingerprint density at radius 3 is 2.75 bits per heavy atom. The van der Waals surface area contributed by atoms with Gasteiger partial charge in [0.25, 0.3) is 5.91 Å². The fourth-order valence-electron chi connectivity index (χ4n) is 4.72. The molecule has 2 fully saturated rings. The molecule has 2 amide bonds. The van der Waals surface area contributed by atoms with Crippen LogP contribution in [0.2, 0.25) is 0 Å². The molecule has 7 heteroatoms. The molecule has 7 nitrogen and oxygen atoms in total. The van der Waals surface area contributed by atoms with Gasteiger partial charge in [-0.2, -0.15) is 0 Å². The number of nitrogens with zero attached hydrogens (tertiary/aromatic N) is 3. The number of carbonyl (C=O) groups excluding carboxylic acids is 2. The van der Waals surface area contributed by atoms with Gasteiger partial charge in [0.1, 0.15) is 0 Å². The van der Waals surface area contributed by atoms with E-state index in [2.05, 4.69) is 5.16 Å². The van der Waals surface area contributed by atoms with Gasteiger partial charge in [-0.1, -0.05) is 35.5 Å². The van der Waals surface area contributed by atoms with Gasteiger partial charge < -0.3 is 19.4 Å². The fraction of sp³-hybridized carbons (Fsp3) is 0.476. The number of aromatic nitrogens is 1. The lowest BCUT2D eigenvalue weighted by Crippen LogP contribution is -2.60. The first-order valence-electron chi connectivity index (χ1n) is 9.64. The third-order valence-electron chi connectivity index (χ3n) is 6.00. The predicted octanol–water partition coefficient (Wildman–Crippen LogP) is 2.17. The second-order valence-electron chi connectivity index (χ2n) is 7.99. The molecule has 1 aromatic carbocycles. The molecule has 3 heterocycles. The predicted molar refractivity (Wildman–Crippen MR) is 101 cm³/mol. The van der Waals surface area contributed by atoms with E-state index in [9.17, 15) is 14.7 Å². The molecule has 1 N–H and O–H groups in total. The Morgan fingerprint density at radius 1 is 1.32 bits per heavy atom. The van der Waals surface area contributed by atoms with E-state index in [4.69, 9.17) is 4.52 Å². The van der Waals surface area contributed by atoms with Gasteiger partial charge in [0, 0.05) is 26.2 Å². The minimum Gasteiger partial charge on any atom is -0.391 e. The summed E-state index contributed by atoms with van der Waals surface area (Å²) < 4.78 is 5.11. The zero-order chi connectivity index (χ0) is 19.9. The Balaban J connectivity index is 1.58. The molecular weight excluding hydrogens is 358 g/mol. The van der Waals surface area contributed by atoms with Gasteiger partial charge in [-0.05, 0) is 31.7 Å². The Labute approximate surface area is 163 Å². The molecule has 4 rings (SSSR count). The molecule has 2 aliphatic rings. The Morgan fingerprint density at radius 2 is 2.07 bits per heavy atom. The van der Waals surface area contributed by atoms with Crippen LogP contribution in [0.5, 0.6) is 0 Å². The quantitative estimate of drug-likeness (QED) is 0.859. The van der Waals surface area contributed by atoms with E-state index < -0.39 is 11.5 Å². The summed E-state index contributed by atoms with van der Waals surface area (Å²) in [6.07, 6.45) is 1.03. The molecule has 0 saturated carbocycles. The minimum atomic E-state index is -0.761. The van der Waals surface area contributed by atoms with E-state index in [1.807, 2.05) is 30.3 Å². The molecule has 0 aliphatic carbocycles. The lowest BCUT2D eigenvalue weighted by atomic mass is 9.69. The number of aryl methyl sites for hydroxylation is 1. The molecule has 1 spiro atoms. The SMILES string of the molecule is Cc1cc(C(=O)N2CCC[C@@]3(C[C@@H](O)[C@H](c4ccccc4)N(C)C3=O)C2)on1. The fourth-order valence-corrected chi connectivity index (χ4v) is 4.72. The Bertz CT molecular complexity index is 881. The summed E-state index contributed by atoms with van der Waals surface area (Å²) >= 11 is 0. The van der Waals surface area contributed by atoms with Crippen LogP contribution in [-0.4, -0.2) is 58.1 Å². The zero-order valence-electron chi connectivity index (χ0n) is 16.2. The van der Waals surface area contributed by atoms with Crippen molar-refractivity contribution >= 4 is 11.8 Å². The number of piperidine rings is 2. The van der Waals surface area contributed by atoms with E-state index >= 15 is 0 Å². The molecule has 3 atom stereocenters. The highest BCUT2D eigenvalue weighted by Crippen LogP contribution is 2.45. The van der Waals surface area contributed by atoms with Crippen molar-refractivity contribution in [1.29, 1.82) is 0 Å². The summed E-state index contributed by atoms with van der Waals surface area (Å²) in [6.45, 7) is 2.61. The van der Waals surface area contributed by atoms with E-state index in [-0.39, 0.29) is 30.2 Å². The molecule has 2 aliphatic heterocycles. The van der Waals surface area contributed by atoms with Crippen molar-refractivity contribution in [2.45, 2.75) is 38.3 Å². The maximum absolute atomic E-state index is 13.4. The standard InChI is InChI=1S/C21H25N3O4/c1-14-11-17(28-22-14)19(26)24-10-6-9-21(13-24)12-16(25)18(23(2)20(21)27)15-7-4-3-5-8-15/h3-5,7-8,11,16,18,25H,6,9-10,12-13H2,1-2H3/t16-,18+,21-/m1/s1. The second kappa shape index (κ2) is 7.05. The number of benzene rings is 1. The van der Waals surface area contributed by atoms with Gasteiger partial charge in [0.05, 0.1) is 23.3 Å². The van der Waals surface area contributed by atoms with Crippen molar-refractivity contribution in [2.75, 3.05) is 20.1 Å². The van der Waals surface area contributed by atoms with E-state index in [0.29, 0.717) is 31.5 Å². The van der Waals surface area contributed by atoms with E-state index in [1.165, 1.54) is 0 Å². The summed E-state index contributed by atoms with van der Waals surface area (Å²) in [5, 5.41) is 14.7. The number of carbonyl (C=O) groups is 2. The van der Waals surface area contributed by atoms with Crippen LogP contribution in [-0.2, 0) is 4.79 Å². The average Bonchev–Trinajstić information content (AvgIpc) is 3.13. The van der Waals surface area contributed by atoms with Gasteiger partial charge in [0.2, 0.25) is 11.7 Å². The molecule has 2 aromatic rings. The molecule has 0 unspecified atom stereocenters. The molecular formula is C21H25N3O4. The summed E-state index contributed by atoms with van der Waals surface area (Å²) in [4.78, 5) is 29.5. The average molecular weight is 383 g/mol. The highest BCUT2D eigenvalue weighted by atomic mass is 16.5. The number of aliphatic hydroxyl groups excluding tert-OH is 1. The van der Waals surface area contributed by atoms with Crippen LogP contribution in [0, 0.1) is 12.3 Å². The Kier molecular flexibility index (Phi) is 4.71. The molecule has 2 saturated heterocycles. The highest BCUT2D eigenvalue weighted by Gasteiger charge is 2.52. The lowest BCUT2D eigenvalue weighted by Gasteiger charge is -2.50. The minimum absolute atomic E-state index is 0.0158. The molecule has 148 valence electrons. The number of rotatable bonds is 2. The van der Waals surface area contributed by atoms with Gasteiger partial charge >= 0.3 is 0 Å². The van der Waals surface area contributed by atoms with Crippen LogP contribution in [0.4, 0.5) is 0 Å². The number of hydrogen-bond acceptors (Lipinski definition) is 5. The van der Waals surface area contributed by atoms with Crippen molar-refractivity contribution < 1.29 is 19.2 Å². The maximum Gasteiger partial charge on any atom is 0.292 e. The van der Waals surface area contributed by atoms with Gasteiger partial charge in [-0.15, -0.1) is 0 Å². The monoisotopic (exact) mass is 383 g/mol. The maximum atomic E-state index is 13.4. The van der Waals surface area contributed by atoms with Crippen LogP contribution in [0.1, 0.15) is 47.1 Å².